The fraction of sp³-hybridized carbons (Fsp3) is 0.452. The summed E-state index contributed by atoms with van der Waals surface area (Å²) < 4.78 is 23.0. The fourth-order valence-corrected chi connectivity index (χ4v) is 7.21. The molecule has 2 aromatic rings. The van der Waals surface area contributed by atoms with Gasteiger partial charge in [0.2, 0.25) is 0 Å². The molecule has 0 saturated carbocycles. The van der Waals surface area contributed by atoms with E-state index < -0.39 is 53.5 Å². The number of ether oxygens (including phenoxy) is 4. The number of rotatable bonds is 8. The maximum atomic E-state index is 13.0. The van der Waals surface area contributed by atoms with Gasteiger partial charge in [-0.25, -0.2) is 4.79 Å². The lowest BCUT2D eigenvalue weighted by Crippen LogP contribution is -2.74. The topological polar surface area (TPSA) is 132 Å². The first-order valence-corrected chi connectivity index (χ1v) is 13.7. The number of methoxy groups -OCH3 is 1. The Morgan fingerprint density at radius 1 is 1.17 bits per heavy atom. The van der Waals surface area contributed by atoms with E-state index in [1.165, 1.54) is 6.92 Å². The number of carbonyl (C=O) groups is 3. The number of carbonyl (C=O) groups excluding carboxylic acids is 3. The minimum atomic E-state index is -1.84. The highest BCUT2D eigenvalue weighted by atomic mass is 16.6. The van der Waals surface area contributed by atoms with Gasteiger partial charge < -0.3 is 34.1 Å². The van der Waals surface area contributed by atoms with Gasteiger partial charge in [0.05, 0.1) is 24.5 Å². The van der Waals surface area contributed by atoms with Crippen LogP contribution in [0.3, 0.4) is 0 Å². The molecule has 41 heavy (non-hydrogen) atoms. The van der Waals surface area contributed by atoms with Crippen molar-refractivity contribution in [2.24, 2.45) is 0 Å². The summed E-state index contributed by atoms with van der Waals surface area (Å²) in [6, 6.07) is 12.2. The molecule has 1 spiro atoms. The molecule has 2 heterocycles. The number of hydrogen-bond acceptors (Lipinski definition) is 10. The fourth-order valence-electron chi connectivity index (χ4n) is 7.21. The molecular weight excluding hydrogens is 530 g/mol. The molecule has 2 aromatic carbocycles. The molecule has 0 radical (unpaired) electrons. The number of aliphatic hydroxyl groups is 2. The minimum Gasteiger partial charge on any atom is -0.493 e. The Morgan fingerprint density at radius 2 is 1.93 bits per heavy atom. The Hall–Kier alpha value is -3.73. The lowest BCUT2D eigenvalue weighted by Gasteiger charge is -2.61. The molecule has 6 rings (SSSR count). The molecule has 0 amide bonds. The van der Waals surface area contributed by atoms with Gasteiger partial charge >= 0.3 is 11.9 Å². The summed E-state index contributed by atoms with van der Waals surface area (Å²) in [5.41, 5.74) is 0.377. The van der Waals surface area contributed by atoms with Crippen LogP contribution in [0.2, 0.25) is 0 Å². The summed E-state index contributed by atoms with van der Waals surface area (Å²) in [5, 5.41) is 22.9. The molecule has 6 atom stereocenters. The van der Waals surface area contributed by atoms with Crippen molar-refractivity contribution in [3.63, 3.8) is 0 Å². The van der Waals surface area contributed by atoms with Crippen molar-refractivity contribution in [2.75, 3.05) is 20.7 Å². The van der Waals surface area contributed by atoms with Crippen molar-refractivity contribution in [1.82, 2.24) is 4.90 Å². The molecule has 216 valence electrons. The summed E-state index contributed by atoms with van der Waals surface area (Å²) in [6.45, 7) is 2.00. The van der Waals surface area contributed by atoms with E-state index in [0.717, 1.165) is 11.1 Å². The zero-order valence-electron chi connectivity index (χ0n) is 23.2. The van der Waals surface area contributed by atoms with Crippen molar-refractivity contribution < 1.29 is 43.5 Å². The Labute approximate surface area is 237 Å². The van der Waals surface area contributed by atoms with Gasteiger partial charge in [0.25, 0.3) is 0 Å². The number of aliphatic hydroxyl groups excluding tert-OH is 1. The minimum absolute atomic E-state index is 0.165. The maximum Gasteiger partial charge on any atom is 0.340 e. The number of Topliss-reactive ketones (excluding diaryl/α,β-unsaturated/α-hetero) is 1. The average molecular weight is 564 g/mol. The number of likely N-dealkylation sites (tertiary alicyclic amines) is 1. The van der Waals surface area contributed by atoms with Crippen molar-refractivity contribution in [3.05, 3.63) is 71.0 Å². The summed E-state index contributed by atoms with van der Waals surface area (Å²) in [6.07, 6.45) is -1.45. The Balaban J connectivity index is 1.23. The molecule has 0 aromatic heterocycles. The van der Waals surface area contributed by atoms with E-state index in [-0.39, 0.29) is 18.2 Å². The van der Waals surface area contributed by atoms with Crippen LogP contribution in [0.15, 0.2) is 54.3 Å². The van der Waals surface area contributed by atoms with E-state index in [9.17, 15) is 24.6 Å². The zero-order chi connectivity index (χ0) is 29.1. The van der Waals surface area contributed by atoms with Gasteiger partial charge in [0.15, 0.2) is 35.6 Å². The Morgan fingerprint density at radius 3 is 2.63 bits per heavy atom. The summed E-state index contributed by atoms with van der Waals surface area (Å²) in [5.74, 6) is -1.14. The number of hydrogen-bond donors (Lipinski definition) is 2. The third-order valence-electron chi connectivity index (χ3n) is 9.13. The third kappa shape index (κ3) is 4.07. The number of likely N-dealkylation sites (N-methyl/N-ethyl adjacent to an activating group) is 1. The second-order valence-electron chi connectivity index (χ2n) is 11.3. The van der Waals surface area contributed by atoms with Crippen LogP contribution in [-0.2, 0) is 35.7 Å². The van der Waals surface area contributed by atoms with Gasteiger partial charge in [-0.3, -0.25) is 9.59 Å². The summed E-state index contributed by atoms with van der Waals surface area (Å²) >= 11 is 0. The molecule has 4 aliphatic rings. The highest BCUT2D eigenvalue weighted by Gasteiger charge is 2.72. The SMILES string of the molecule is COc1ccc2c3c1O[C@H]1C(OC(=O)[C@@H](O)CC(=O)O[C@H](C(C)=O)c4ccccc4)=CC[C@@]4(O)[C@@H](C2)N(C)CC[C@]314. The molecule has 10 nitrogen and oxygen atoms in total. The van der Waals surface area contributed by atoms with Gasteiger partial charge in [-0.15, -0.1) is 0 Å². The summed E-state index contributed by atoms with van der Waals surface area (Å²) in [4.78, 5) is 39.9. The van der Waals surface area contributed by atoms with E-state index in [4.69, 9.17) is 18.9 Å². The van der Waals surface area contributed by atoms with Gasteiger partial charge in [0.1, 0.15) is 5.76 Å². The normalized spacial score (nSPS) is 28.9. The highest BCUT2D eigenvalue weighted by molar-refractivity contribution is 5.87. The predicted molar refractivity (Wildman–Crippen MR) is 144 cm³/mol. The third-order valence-corrected chi connectivity index (χ3v) is 9.13. The van der Waals surface area contributed by atoms with Gasteiger partial charge in [-0.1, -0.05) is 36.4 Å². The quantitative estimate of drug-likeness (QED) is 0.461. The van der Waals surface area contributed by atoms with Crippen LogP contribution in [0.1, 0.15) is 49.0 Å². The van der Waals surface area contributed by atoms with Crippen LogP contribution in [0.25, 0.3) is 0 Å². The van der Waals surface area contributed by atoms with Gasteiger partial charge in [0, 0.05) is 18.0 Å². The van der Waals surface area contributed by atoms with Crippen LogP contribution in [-0.4, -0.2) is 77.4 Å². The lowest BCUT2D eigenvalue weighted by molar-refractivity contribution is -0.173. The van der Waals surface area contributed by atoms with E-state index in [1.54, 1.807) is 43.5 Å². The first-order valence-electron chi connectivity index (χ1n) is 13.7. The lowest BCUT2D eigenvalue weighted by atomic mass is 9.50. The van der Waals surface area contributed by atoms with Gasteiger partial charge in [-0.05, 0) is 56.6 Å². The second kappa shape index (κ2) is 9.97. The molecule has 2 bridgehead atoms. The van der Waals surface area contributed by atoms with Crippen LogP contribution < -0.4 is 9.47 Å². The largest absolute Gasteiger partial charge is 0.493 e. The van der Waals surface area contributed by atoms with E-state index in [0.29, 0.717) is 36.4 Å². The molecular formula is C31H33NO9. The first kappa shape index (κ1) is 27.4. The van der Waals surface area contributed by atoms with Crippen LogP contribution in [0.5, 0.6) is 11.5 Å². The van der Waals surface area contributed by atoms with E-state index in [1.807, 2.05) is 19.2 Å². The molecule has 0 unspecified atom stereocenters. The number of esters is 2. The average Bonchev–Trinajstić information content (AvgIpc) is 3.31. The van der Waals surface area contributed by atoms with Crippen molar-refractivity contribution in [2.45, 2.75) is 68.0 Å². The second-order valence-corrected chi connectivity index (χ2v) is 11.3. The monoisotopic (exact) mass is 563 g/mol. The summed E-state index contributed by atoms with van der Waals surface area (Å²) in [7, 11) is 3.55. The molecule has 2 N–H and O–H groups in total. The highest BCUT2D eigenvalue weighted by Crippen LogP contribution is 2.65. The first-order chi connectivity index (χ1) is 19.6. The number of piperidine rings is 1. The van der Waals surface area contributed by atoms with Crippen molar-refractivity contribution >= 4 is 17.7 Å². The molecule has 10 heteroatoms. The smallest absolute Gasteiger partial charge is 0.340 e. The van der Waals surface area contributed by atoms with Crippen molar-refractivity contribution in [3.8, 4) is 11.5 Å². The van der Waals surface area contributed by atoms with Crippen molar-refractivity contribution in [1.29, 1.82) is 0 Å². The van der Waals surface area contributed by atoms with E-state index in [2.05, 4.69) is 4.90 Å². The Bertz CT molecular complexity index is 1440. The molecule has 2 aliphatic carbocycles. The maximum absolute atomic E-state index is 13.0. The van der Waals surface area contributed by atoms with Crippen LogP contribution >= 0.6 is 0 Å². The standard InChI is InChI=1S/C31H33NO9/c1-17(33)26(18-7-5-4-6-8-18)40-24(35)16-20(34)29(36)39-22-11-12-31(37)23-15-19-9-10-21(38-3)27-25(19)30(31,28(22)41-27)13-14-32(23)2/h4-11,20,23,26,28,34,37H,12-16H2,1-3H3/t20-,23+,26+,28-,30-,31+/m0/s1. The Kier molecular flexibility index (Phi) is 6.67. The predicted octanol–water partition coefficient (Wildman–Crippen LogP) is 2.14. The van der Waals surface area contributed by atoms with Gasteiger partial charge in [-0.2, -0.15) is 0 Å². The number of benzene rings is 2. The molecule has 2 aliphatic heterocycles. The molecule has 1 saturated heterocycles. The van der Waals surface area contributed by atoms with Crippen LogP contribution in [0, 0.1) is 0 Å². The van der Waals surface area contributed by atoms with E-state index >= 15 is 0 Å². The van der Waals surface area contributed by atoms with Crippen LogP contribution in [0.4, 0.5) is 0 Å². The molecule has 1 fully saturated rings. The number of nitrogens with zero attached hydrogens (tertiary/aromatic N) is 1. The zero-order valence-corrected chi connectivity index (χ0v) is 23.2. The number of ketones is 1.